The zero-order chi connectivity index (χ0) is 27.6. The van der Waals surface area contributed by atoms with E-state index in [9.17, 15) is 4.79 Å². The Bertz CT molecular complexity index is 1790. The highest BCUT2D eigenvalue weighted by atomic mass is 127. The van der Waals surface area contributed by atoms with Crippen LogP contribution in [0.1, 0.15) is 0 Å². The molecule has 3 heterocycles. The molecule has 0 amide bonds. The molecule has 2 aliphatic rings. The van der Waals surface area contributed by atoms with Crippen LogP contribution in [0.3, 0.4) is 0 Å². The predicted octanol–water partition coefficient (Wildman–Crippen LogP) is 2.95. The minimum atomic E-state index is -0.163. The van der Waals surface area contributed by atoms with Crippen molar-refractivity contribution in [2.75, 3.05) is 26.2 Å². The quantitative estimate of drug-likeness (QED) is 0.245. The van der Waals surface area contributed by atoms with Crippen LogP contribution in [0.2, 0.25) is 0 Å². The number of fused-ring (bicyclic) bond motifs is 3. The van der Waals surface area contributed by atoms with Crippen molar-refractivity contribution >= 4 is 28.0 Å². The number of methoxy groups -OCH3 is 1. The zero-order valence-corrected chi connectivity index (χ0v) is 25.1. The number of hydrazone groups is 1. The maximum absolute atomic E-state index is 14.0. The fraction of sp³-hybridized carbons (Fsp3) is 0.0909. The summed E-state index contributed by atoms with van der Waals surface area (Å²) >= 11 is 0. The minimum Gasteiger partial charge on any atom is -1.00 e. The van der Waals surface area contributed by atoms with Crippen molar-refractivity contribution in [2.24, 2.45) is 0 Å². The van der Waals surface area contributed by atoms with Crippen molar-refractivity contribution in [1.29, 1.82) is 0 Å². The van der Waals surface area contributed by atoms with Gasteiger partial charge in [-0.1, -0.05) is 53.2 Å². The summed E-state index contributed by atoms with van der Waals surface area (Å²) in [4.78, 5) is 16.0. The van der Waals surface area contributed by atoms with Gasteiger partial charge in [-0.3, -0.25) is 4.79 Å². The monoisotopic (exact) mass is 656 g/mol. The number of benzene rings is 3. The average molecular weight is 657 g/mol. The molecule has 8 heteroatoms. The molecule has 4 aromatic rings. The van der Waals surface area contributed by atoms with Crippen LogP contribution >= 0.6 is 0 Å². The topological polar surface area (TPSA) is 50.0 Å². The summed E-state index contributed by atoms with van der Waals surface area (Å²) in [6, 6.07) is 25.1. The van der Waals surface area contributed by atoms with Crippen LogP contribution in [0.4, 0.5) is 11.4 Å². The number of hydrogen-bond donors (Lipinski definition) is 0. The lowest BCUT2D eigenvalue weighted by Crippen LogP contribution is -3.00. The third kappa shape index (κ3) is 5.30. The molecule has 0 radical (unpaired) electrons. The Hall–Kier alpha value is -4.57. The number of hydrazine groups is 1. The van der Waals surface area contributed by atoms with Gasteiger partial charge in [0.2, 0.25) is 5.88 Å². The van der Waals surface area contributed by atoms with E-state index in [0.29, 0.717) is 28.6 Å². The molecule has 6 rings (SSSR count). The Morgan fingerprint density at radius 1 is 0.854 bits per heavy atom. The number of rotatable bonds is 5. The number of pyridine rings is 1. The number of nitrogens with zero attached hydrogens (tertiary/aromatic N) is 4. The molecule has 0 spiro atoms. The third-order valence-electron chi connectivity index (χ3n) is 6.92. The molecule has 0 saturated heterocycles. The molecular formula is C33H29IN4O3. The van der Waals surface area contributed by atoms with E-state index in [0.717, 1.165) is 22.3 Å². The maximum Gasteiger partial charge on any atom is 0.398 e. The molecule has 0 bridgehead atoms. The van der Waals surface area contributed by atoms with E-state index in [1.807, 2.05) is 145 Å². The highest BCUT2D eigenvalue weighted by molar-refractivity contribution is 6.01. The lowest BCUT2D eigenvalue weighted by molar-refractivity contribution is -0.509. The van der Waals surface area contributed by atoms with Gasteiger partial charge in [0, 0.05) is 24.8 Å². The van der Waals surface area contributed by atoms with E-state index in [1.165, 1.54) is 0 Å². The van der Waals surface area contributed by atoms with Gasteiger partial charge in [0.15, 0.2) is 12.7 Å². The lowest BCUT2D eigenvalue weighted by Gasteiger charge is -2.29. The van der Waals surface area contributed by atoms with Crippen LogP contribution in [0.15, 0.2) is 132 Å². The van der Waals surface area contributed by atoms with Gasteiger partial charge in [0.1, 0.15) is 11.4 Å². The summed E-state index contributed by atoms with van der Waals surface area (Å²) in [5.74, 6) is 1.70. The smallest absolute Gasteiger partial charge is 0.398 e. The summed E-state index contributed by atoms with van der Waals surface area (Å²) in [7, 11) is 5.56. The summed E-state index contributed by atoms with van der Waals surface area (Å²) in [6.07, 6.45) is 14.0. The van der Waals surface area contributed by atoms with Crippen LogP contribution in [-0.2, 0) is 0 Å². The van der Waals surface area contributed by atoms with Gasteiger partial charge in [-0.2, -0.15) is 0 Å². The summed E-state index contributed by atoms with van der Waals surface area (Å²) in [5.41, 5.74) is 3.29. The van der Waals surface area contributed by atoms with Crippen LogP contribution in [-0.4, -0.2) is 41.3 Å². The van der Waals surface area contributed by atoms with Crippen molar-refractivity contribution in [2.45, 2.75) is 0 Å². The van der Waals surface area contributed by atoms with Crippen LogP contribution in [0.5, 0.6) is 11.6 Å². The van der Waals surface area contributed by atoms with E-state index in [2.05, 4.69) is 5.01 Å². The van der Waals surface area contributed by atoms with Gasteiger partial charge in [0.25, 0.3) is 5.56 Å². The molecule has 41 heavy (non-hydrogen) atoms. The van der Waals surface area contributed by atoms with E-state index in [1.54, 1.807) is 11.7 Å². The molecule has 0 saturated carbocycles. The first-order chi connectivity index (χ1) is 19.5. The van der Waals surface area contributed by atoms with E-state index < -0.39 is 0 Å². The van der Waals surface area contributed by atoms with Crippen LogP contribution in [0.25, 0.3) is 16.5 Å². The molecule has 0 N–H and O–H groups in total. The largest absolute Gasteiger partial charge is 1.00 e. The first kappa shape index (κ1) is 28.0. The second kappa shape index (κ2) is 11.9. The number of allylic oxidation sites excluding steroid dienone is 5. The Balaban J connectivity index is 0.00000337. The molecule has 7 nitrogen and oxygen atoms in total. The molecular weight excluding hydrogens is 627 g/mol. The zero-order valence-electron chi connectivity index (χ0n) is 22.9. The Morgan fingerprint density at radius 3 is 2.20 bits per heavy atom. The first-order valence-electron chi connectivity index (χ1n) is 13.0. The fourth-order valence-electron chi connectivity index (χ4n) is 4.87. The molecule has 1 aromatic heterocycles. The second-order valence-corrected chi connectivity index (χ2v) is 9.47. The van der Waals surface area contributed by atoms with Gasteiger partial charge in [-0.05, 0) is 60.2 Å². The van der Waals surface area contributed by atoms with E-state index >= 15 is 0 Å². The van der Waals surface area contributed by atoms with Crippen LogP contribution in [0, 0.1) is 0 Å². The van der Waals surface area contributed by atoms with Crippen molar-refractivity contribution in [3.8, 4) is 17.3 Å². The molecule has 0 aliphatic carbocycles. The number of hydrogen-bond acceptors (Lipinski definition) is 5. The number of aromatic nitrogens is 1. The van der Waals surface area contributed by atoms with Gasteiger partial charge in [0.05, 0.1) is 24.3 Å². The minimum absolute atomic E-state index is 0. The summed E-state index contributed by atoms with van der Waals surface area (Å²) in [6.45, 7) is 0. The van der Waals surface area contributed by atoms with Gasteiger partial charge in [-0.25, -0.2) is 4.57 Å². The number of para-hydroxylation sites is 1. The Kier molecular flexibility index (Phi) is 8.11. The summed E-state index contributed by atoms with van der Waals surface area (Å²) in [5, 5.41) is 3.48. The van der Waals surface area contributed by atoms with Gasteiger partial charge < -0.3 is 38.4 Å². The maximum atomic E-state index is 14.0. The lowest BCUT2D eigenvalue weighted by atomic mass is 10.1. The highest BCUT2D eigenvalue weighted by Crippen LogP contribution is 2.42. The van der Waals surface area contributed by atoms with Crippen LogP contribution < -0.4 is 44.0 Å². The molecule has 206 valence electrons. The van der Waals surface area contributed by atoms with Gasteiger partial charge in [-0.15, -0.1) is 5.01 Å². The number of halogens is 1. The summed E-state index contributed by atoms with van der Waals surface area (Å²) < 4.78 is 15.6. The average Bonchev–Trinajstić information content (AvgIpc) is 2.99. The molecule has 3 aromatic carbocycles. The van der Waals surface area contributed by atoms with E-state index in [-0.39, 0.29) is 29.5 Å². The molecule has 0 atom stereocenters. The Labute approximate surface area is 255 Å². The first-order valence-corrected chi connectivity index (χ1v) is 13.0. The van der Waals surface area contributed by atoms with Gasteiger partial charge >= 0.3 is 5.90 Å². The fourth-order valence-corrected chi connectivity index (χ4v) is 4.87. The Morgan fingerprint density at radius 2 is 1.51 bits per heavy atom. The number of anilines is 2. The van der Waals surface area contributed by atoms with Crippen molar-refractivity contribution < 1.29 is 38.1 Å². The standard InChI is InChI=1S/C33H29N4O3.HI/c1-34-22-20-24(21-23-34)10-9-15-30-35(2)37(26-11-5-4-6-12-26)31-28-13-7-8-14-29(28)32(38)36(33(31)40-30)25-16-18-27(39-3)19-17-25;/h4-23H,1-3H3;1H/q+1;/p-1. The van der Waals surface area contributed by atoms with E-state index in [4.69, 9.17) is 9.47 Å². The predicted molar refractivity (Wildman–Crippen MR) is 160 cm³/mol. The number of ether oxygens (including phenoxy) is 2. The van der Waals surface area contributed by atoms with Crippen molar-refractivity contribution in [3.05, 3.63) is 138 Å². The van der Waals surface area contributed by atoms with Crippen molar-refractivity contribution in [1.82, 2.24) is 9.47 Å². The molecule has 0 fully saturated rings. The normalized spacial score (nSPS) is 14.3. The second-order valence-electron chi connectivity index (χ2n) is 9.47. The highest BCUT2D eigenvalue weighted by Gasteiger charge is 2.37. The third-order valence-corrected chi connectivity index (χ3v) is 6.92. The molecule has 0 unspecified atom stereocenters. The SMILES string of the molecule is COc1ccc(-n2c3c(c4ccccc4c2=O)N(c2ccccc2)[N+](C)=C(/C=C/C=C2C=CN(C)C=C2)O3)cc1.[I-]. The molecule has 2 aliphatic heterocycles. The van der Waals surface area contributed by atoms with Crippen molar-refractivity contribution in [3.63, 3.8) is 0 Å².